The van der Waals surface area contributed by atoms with E-state index in [-0.39, 0.29) is 11.9 Å². The molecular formula is C15H20N2O2. The van der Waals surface area contributed by atoms with Crippen molar-refractivity contribution in [2.24, 2.45) is 0 Å². The Hall–Kier alpha value is -1.39. The van der Waals surface area contributed by atoms with Crippen LogP contribution in [0.5, 0.6) is 0 Å². The minimum atomic E-state index is -0.189. The fourth-order valence-electron chi connectivity index (χ4n) is 2.94. The monoisotopic (exact) mass is 260 g/mol. The molecule has 2 unspecified atom stereocenters. The van der Waals surface area contributed by atoms with Crippen molar-refractivity contribution in [2.75, 3.05) is 26.3 Å². The van der Waals surface area contributed by atoms with Crippen molar-refractivity contribution in [3.8, 4) is 0 Å². The first-order valence-electron chi connectivity index (χ1n) is 7.01. The van der Waals surface area contributed by atoms with Gasteiger partial charge in [-0.25, -0.2) is 0 Å². The van der Waals surface area contributed by atoms with Crippen LogP contribution in [0.1, 0.15) is 23.5 Å². The molecule has 4 heteroatoms. The van der Waals surface area contributed by atoms with Gasteiger partial charge in [-0.2, -0.15) is 0 Å². The van der Waals surface area contributed by atoms with Crippen LogP contribution in [0.2, 0.25) is 0 Å². The van der Waals surface area contributed by atoms with Crippen LogP contribution in [0.4, 0.5) is 0 Å². The molecule has 1 aromatic carbocycles. The predicted molar refractivity (Wildman–Crippen MR) is 73.1 cm³/mol. The fraction of sp³-hybridized carbons (Fsp3) is 0.533. The lowest BCUT2D eigenvalue weighted by Gasteiger charge is -2.23. The Morgan fingerprint density at radius 1 is 1.42 bits per heavy atom. The molecule has 1 aromatic rings. The van der Waals surface area contributed by atoms with E-state index in [9.17, 15) is 4.79 Å². The third-order valence-electron chi connectivity index (χ3n) is 4.02. The number of aryl methyl sites for hydroxylation is 1. The maximum atomic E-state index is 12.0. The molecular weight excluding hydrogens is 240 g/mol. The Morgan fingerprint density at radius 2 is 2.32 bits per heavy atom. The lowest BCUT2D eigenvalue weighted by molar-refractivity contribution is -0.125. The normalized spacial score (nSPS) is 25.9. The average molecular weight is 260 g/mol. The Labute approximate surface area is 113 Å². The van der Waals surface area contributed by atoms with Gasteiger partial charge in [-0.1, -0.05) is 24.3 Å². The van der Waals surface area contributed by atoms with Gasteiger partial charge in [0.05, 0.1) is 13.2 Å². The van der Waals surface area contributed by atoms with E-state index in [0.29, 0.717) is 19.1 Å². The Morgan fingerprint density at radius 3 is 3.16 bits per heavy atom. The highest BCUT2D eigenvalue weighted by Gasteiger charge is 2.25. The van der Waals surface area contributed by atoms with Gasteiger partial charge < -0.3 is 15.4 Å². The molecule has 0 saturated carbocycles. The zero-order valence-electron chi connectivity index (χ0n) is 11.0. The number of hydrogen-bond donors (Lipinski definition) is 2. The van der Waals surface area contributed by atoms with Crippen molar-refractivity contribution in [3.63, 3.8) is 0 Å². The van der Waals surface area contributed by atoms with Gasteiger partial charge in [-0.3, -0.25) is 4.79 Å². The molecule has 1 amide bonds. The Balaban J connectivity index is 1.54. The molecule has 102 valence electrons. The van der Waals surface area contributed by atoms with Gasteiger partial charge in [0.1, 0.15) is 6.04 Å². The van der Waals surface area contributed by atoms with Crippen molar-refractivity contribution < 1.29 is 9.53 Å². The number of carbonyl (C=O) groups excluding carboxylic acids is 1. The highest BCUT2D eigenvalue weighted by Crippen LogP contribution is 2.32. The maximum absolute atomic E-state index is 12.0. The number of rotatable bonds is 3. The molecule has 1 heterocycles. The molecule has 2 atom stereocenters. The summed E-state index contributed by atoms with van der Waals surface area (Å²) >= 11 is 0. The quantitative estimate of drug-likeness (QED) is 0.846. The van der Waals surface area contributed by atoms with Crippen molar-refractivity contribution in [2.45, 2.75) is 24.8 Å². The van der Waals surface area contributed by atoms with Gasteiger partial charge in [0, 0.05) is 19.0 Å². The second-order valence-electron chi connectivity index (χ2n) is 5.26. The number of hydrogen-bond acceptors (Lipinski definition) is 3. The van der Waals surface area contributed by atoms with Gasteiger partial charge in [0.15, 0.2) is 0 Å². The molecule has 2 N–H and O–H groups in total. The van der Waals surface area contributed by atoms with Gasteiger partial charge in [-0.05, 0) is 24.0 Å². The Kier molecular flexibility index (Phi) is 3.80. The first-order valence-corrected chi connectivity index (χ1v) is 7.01. The summed E-state index contributed by atoms with van der Waals surface area (Å²) in [7, 11) is 0. The zero-order chi connectivity index (χ0) is 13.1. The molecule has 2 aliphatic rings. The molecule has 0 bridgehead atoms. The third kappa shape index (κ3) is 2.80. The highest BCUT2D eigenvalue weighted by atomic mass is 16.5. The topological polar surface area (TPSA) is 50.4 Å². The highest BCUT2D eigenvalue weighted by molar-refractivity contribution is 5.82. The lowest BCUT2D eigenvalue weighted by atomic mass is 10.0. The van der Waals surface area contributed by atoms with Crippen molar-refractivity contribution in [1.82, 2.24) is 10.6 Å². The van der Waals surface area contributed by atoms with Crippen molar-refractivity contribution >= 4 is 5.91 Å². The number of carbonyl (C=O) groups is 1. The zero-order valence-corrected chi connectivity index (χ0v) is 11.0. The van der Waals surface area contributed by atoms with E-state index >= 15 is 0 Å². The summed E-state index contributed by atoms with van der Waals surface area (Å²) in [4.78, 5) is 12.0. The van der Waals surface area contributed by atoms with E-state index in [4.69, 9.17) is 4.74 Å². The van der Waals surface area contributed by atoms with Crippen LogP contribution in [0.3, 0.4) is 0 Å². The second kappa shape index (κ2) is 5.72. The van der Waals surface area contributed by atoms with Gasteiger partial charge in [0.25, 0.3) is 0 Å². The van der Waals surface area contributed by atoms with Crippen LogP contribution in [0.15, 0.2) is 24.3 Å². The number of benzene rings is 1. The van der Waals surface area contributed by atoms with Gasteiger partial charge >= 0.3 is 0 Å². The van der Waals surface area contributed by atoms with Gasteiger partial charge in [0.2, 0.25) is 5.91 Å². The number of morpholine rings is 1. The fourth-order valence-corrected chi connectivity index (χ4v) is 2.94. The second-order valence-corrected chi connectivity index (χ2v) is 5.26. The molecule has 19 heavy (non-hydrogen) atoms. The molecule has 1 fully saturated rings. The van der Waals surface area contributed by atoms with E-state index in [1.54, 1.807) is 0 Å². The molecule has 3 rings (SSSR count). The standard InChI is InChI=1S/C15H20N2O2/c18-15(14-10-19-8-7-16-14)17-9-12-6-5-11-3-1-2-4-13(11)12/h1-4,12,14,16H,5-10H2,(H,17,18). The van der Waals surface area contributed by atoms with E-state index in [2.05, 4.69) is 34.9 Å². The summed E-state index contributed by atoms with van der Waals surface area (Å²) in [6, 6.07) is 8.35. The molecule has 1 aliphatic carbocycles. The van der Waals surface area contributed by atoms with E-state index in [1.807, 2.05) is 0 Å². The molecule has 1 saturated heterocycles. The minimum Gasteiger partial charge on any atom is -0.378 e. The van der Waals surface area contributed by atoms with Crippen LogP contribution >= 0.6 is 0 Å². The van der Waals surface area contributed by atoms with Crippen LogP contribution in [0.25, 0.3) is 0 Å². The predicted octanol–water partition coefficient (Wildman–Crippen LogP) is 0.821. The van der Waals surface area contributed by atoms with E-state index in [0.717, 1.165) is 25.9 Å². The van der Waals surface area contributed by atoms with E-state index in [1.165, 1.54) is 11.1 Å². The number of fused-ring (bicyclic) bond motifs is 1. The number of nitrogens with one attached hydrogen (secondary N) is 2. The van der Waals surface area contributed by atoms with Crippen LogP contribution < -0.4 is 10.6 Å². The van der Waals surface area contributed by atoms with Crippen LogP contribution in [-0.4, -0.2) is 38.3 Å². The summed E-state index contributed by atoms with van der Waals surface area (Å²) in [6.07, 6.45) is 2.26. The van der Waals surface area contributed by atoms with Crippen molar-refractivity contribution in [1.29, 1.82) is 0 Å². The van der Waals surface area contributed by atoms with Gasteiger partial charge in [-0.15, -0.1) is 0 Å². The third-order valence-corrected chi connectivity index (χ3v) is 4.02. The number of ether oxygens (including phenoxy) is 1. The van der Waals surface area contributed by atoms with Crippen LogP contribution in [0, 0.1) is 0 Å². The smallest absolute Gasteiger partial charge is 0.239 e. The Bertz CT molecular complexity index is 455. The lowest BCUT2D eigenvalue weighted by Crippen LogP contribution is -2.51. The molecule has 0 radical (unpaired) electrons. The minimum absolute atomic E-state index is 0.0593. The summed E-state index contributed by atoms with van der Waals surface area (Å²) in [6.45, 7) is 2.66. The molecule has 0 aromatic heterocycles. The molecule has 4 nitrogen and oxygen atoms in total. The summed E-state index contributed by atoms with van der Waals surface area (Å²) < 4.78 is 5.31. The summed E-state index contributed by atoms with van der Waals surface area (Å²) in [5.74, 6) is 0.522. The van der Waals surface area contributed by atoms with Crippen LogP contribution in [-0.2, 0) is 16.0 Å². The van der Waals surface area contributed by atoms with Crippen molar-refractivity contribution in [3.05, 3.63) is 35.4 Å². The summed E-state index contributed by atoms with van der Waals surface area (Å²) in [5, 5.41) is 6.23. The first-order chi connectivity index (χ1) is 9.34. The summed E-state index contributed by atoms with van der Waals surface area (Å²) in [5.41, 5.74) is 2.83. The maximum Gasteiger partial charge on any atom is 0.239 e. The number of amides is 1. The molecule has 0 spiro atoms. The molecule has 1 aliphatic heterocycles. The van der Waals surface area contributed by atoms with E-state index < -0.39 is 0 Å². The SMILES string of the molecule is O=C(NCC1CCc2ccccc21)C1COCCN1. The largest absolute Gasteiger partial charge is 0.378 e. The average Bonchev–Trinajstić information content (AvgIpc) is 2.89. The first kappa shape index (κ1) is 12.6.